The molecule has 1 rings (SSSR count). The van der Waals surface area contributed by atoms with Gasteiger partial charge in [-0.3, -0.25) is 0 Å². The maximum atomic E-state index is 10.8. The van der Waals surface area contributed by atoms with Gasteiger partial charge in [0.1, 0.15) is 5.75 Å². The molecule has 15 heavy (non-hydrogen) atoms. The summed E-state index contributed by atoms with van der Waals surface area (Å²) in [5.74, 6) is 0.568. The highest BCUT2D eigenvalue weighted by Crippen LogP contribution is 2.10. The molecule has 0 bridgehead atoms. The van der Waals surface area contributed by atoms with Crippen LogP contribution in [-0.2, 0) is 10.0 Å². The first kappa shape index (κ1) is 12.0. The standard InChI is InChI=1S/C10H15NO3S/c1-9(8-15(11,12)13)7-14-10-5-3-2-4-6-10/h2-6,9H,7-8H2,1H3,(H2,11,12,13). The Kier molecular flexibility index (Phi) is 4.11. The average molecular weight is 229 g/mol. The highest BCUT2D eigenvalue weighted by molar-refractivity contribution is 7.89. The van der Waals surface area contributed by atoms with Crippen molar-refractivity contribution >= 4 is 10.0 Å². The molecular weight excluding hydrogens is 214 g/mol. The number of benzene rings is 1. The van der Waals surface area contributed by atoms with Gasteiger partial charge in [-0.2, -0.15) is 0 Å². The Balaban J connectivity index is 2.38. The number of sulfonamides is 1. The molecule has 0 heterocycles. The first-order chi connectivity index (χ1) is 6.97. The van der Waals surface area contributed by atoms with Gasteiger partial charge in [0, 0.05) is 5.92 Å². The van der Waals surface area contributed by atoms with E-state index in [9.17, 15) is 8.42 Å². The predicted octanol–water partition coefficient (Wildman–Crippen LogP) is 0.990. The minimum Gasteiger partial charge on any atom is -0.493 e. The summed E-state index contributed by atoms with van der Waals surface area (Å²) < 4.78 is 26.9. The summed E-state index contributed by atoms with van der Waals surface area (Å²) in [5.41, 5.74) is 0. The minimum atomic E-state index is -3.41. The summed E-state index contributed by atoms with van der Waals surface area (Å²) in [6, 6.07) is 9.26. The third-order valence-corrected chi connectivity index (χ3v) is 2.83. The van der Waals surface area contributed by atoms with Crippen molar-refractivity contribution in [1.29, 1.82) is 0 Å². The van der Waals surface area contributed by atoms with Crippen LogP contribution >= 0.6 is 0 Å². The molecule has 1 atom stereocenters. The Labute approximate surface area is 90.1 Å². The molecule has 1 aromatic carbocycles. The van der Waals surface area contributed by atoms with Crippen LogP contribution in [0.15, 0.2) is 30.3 Å². The van der Waals surface area contributed by atoms with Gasteiger partial charge in [0.15, 0.2) is 0 Å². The van der Waals surface area contributed by atoms with Gasteiger partial charge < -0.3 is 4.74 Å². The van der Waals surface area contributed by atoms with Crippen LogP contribution in [0, 0.1) is 5.92 Å². The van der Waals surface area contributed by atoms with Crippen LogP contribution < -0.4 is 9.88 Å². The van der Waals surface area contributed by atoms with Gasteiger partial charge in [0.25, 0.3) is 0 Å². The van der Waals surface area contributed by atoms with Crippen LogP contribution in [0.4, 0.5) is 0 Å². The first-order valence-electron chi connectivity index (χ1n) is 4.66. The smallest absolute Gasteiger partial charge is 0.209 e. The highest BCUT2D eigenvalue weighted by Gasteiger charge is 2.11. The van der Waals surface area contributed by atoms with E-state index in [-0.39, 0.29) is 11.7 Å². The largest absolute Gasteiger partial charge is 0.493 e. The Morgan fingerprint density at radius 2 is 1.93 bits per heavy atom. The number of nitrogens with two attached hydrogens (primary N) is 1. The van der Waals surface area contributed by atoms with E-state index in [1.54, 1.807) is 6.92 Å². The van der Waals surface area contributed by atoms with E-state index in [1.165, 1.54) is 0 Å². The van der Waals surface area contributed by atoms with Crippen molar-refractivity contribution in [3.8, 4) is 5.75 Å². The molecule has 5 heteroatoms. The van der Waals surface area contributed by atoms with Crippen LogP contribution in [-0.4, -0.2) is 20.8 Å². The molecule has 0 aliphatic carbocycles. The van der Waals surface area contributed by atoms with Crippen LogP contribution in [0.2, 0.25) is 0 Å². The summed E-state index contributed by atoms with van der Waals surface area (Å²) in [6.07, 6.45) is 0. The van der Waals surface area contributed by atoms with Crippen molar-refractivity contribution in [3.05, 3.63) is 30.3 Å². The second kappa shape index (κ2) is 5.14. The molecule has 4 nitrogen and oxygen atoms in total. The van der Waals surface area contributed by atoms with E-state index < -0.39 is 10.0 Å². The molecule has 1 unspecified atom stereocenters. The summed E-state index contributed by atoms with van der Waals surface area (Å²) in [7, 11) is -3.41. The van der Waals surface area contributed by atoms with Crippen LogP contribution in [0.1, 0.15) is 6.92 Å². The van der Waals surface area contributed by atoms with Gasteiger partial charge in [-0.05, 0) is 12.1 Å². The molecule has 0 aliphatic rings. The van der Waals surface area contributed by atoms with Crippen molar-refractivity contribution in [2.45, 2.75) is 6.92 Å². The van der Waals surface area contributed by atoms with Crippen molar-refractivity contribution < 1.29 is 13.2 Å². The number of primary sulfonamides is 1. The van der Waals surface area contributed by atoms with E-state index in [1.807, 2.05) is 30.3 Å². The van der Waals surface area contributed by atoms with Crippen LogP contribution in [0.3, 0.4) is 0 Å². The van der Waals surface area contributed by atoms with E-state index in [0.717, 1.165) is 5.75 Å². The lowest BCUT2D eigenvalue weighted by molar-refractivity contribution is 0.272. The Morgan fingerprint density at radius 1 is 1.33 bits per heavy atom. The maximum Gasteiger partial charge on any atom is 0.209 e. The van der Waals surface area contributed by atoms with E-state index in [2.05, 4.69) is 0 Å². The molecule has 0 fully saturated rings. The van der Waals surface area contributed by atoms with Gasteiger partial charge in [-0.1, -0.05) is 25.1 Å². The second-order valence-corrected chi connectivity index (χ2v) is 5.22. The fourth-order valence-corrected chi connectivity index (χ4v) is 2.09. The van der Waals surface area contributed by atoms with E-state index in [4.69, 9.17) is 9.88 Å². The number of ether oxygens (including phenoxy) is 1. The quantitative estimate of drug-likeness (QED) is 0.818. The molecule has 0 saturated heterocycles. The molecule has 0 spiro atoms. The average Bonchev–Trinajstić information content (AvgIpc) is 2.14. The molecular formula is C10H15NO3S. The van der Waals surface area contributed by atoms with Gasteiger partial charge in [-0.15, -0.1) is 0 Å². The lowest BCUT2D eigenvalue weighted by Crippen LogP contribution is -2.25. The first-order valence-corrected chi connectivity index (χ1v) is 6.37. The summed E-state index contributed by atoms with van der Waals surface area (Å²) in [4.78, 5) is 0. The Hall–Kier alpha value is -1.07. The zero-order valence-corrected chi connectivity index (χ0v) is 9.41. The fourth-order valence-electron chi connectivity index (χ4n) is 1.20. The van der Waals surface area contributed by atoms with Crippen molar-refractivity contribution in [2.24, 2.45) is 11.1 Å². The van der Waals surface area contributed by atoms with Gasteiger partial charge in [-0.25, -0.2) is 13.6 Å². The fraction of sp³-hybridized carbons (Fsp3) is 0.400. The molecule has 0 amide bonds. The third kappa shape index (κ3) is 5.39. The van der Waals surface area contributed by atoms with Gasteiger partial charge in [0.05, 0.1) is 12.4 Å². The van der Waals surface area contributed by atoms with Gasteiger partial charge >= 0.3 is 0 Å². The molecule has 0 aromatic heterocycles. The minimum absolute atomic E-state index is 0.0557. The molecule has 0 saturated carbocycles. The number of hydrogen-bond acceptors (Lipinski definition) is 3. The predicted molar refractivity (Wildman–Crippen MR) is 59.1 cm³/mol. The maximum absolute atomic E-state index is 10.8. The topological polar surface area (TPSA) is 69.4 Å². The summed E-state index contributed by atoms with van der Waals surface area (Å²) in [5, 5.41) is 4.92. The zero-order chi connectivity index (χ0) is 11.3. The van der Waals surface area contributed by atoms with Crippen LogP contribution in [0.5, 0.6) is 5.75 Å². The second-order valence-electron chi connectivity index (χ2n) is 3.56. The summed E-state index contributed by atoms with van der Waals surface area (Å²) in [6.45, 7) is 2.13. The normalized spacial score (nSPS) is 13.5. The van der Waals surface area contributed by atoms with Gasteiger partial charge in [0.2, 0.25) is 10.0 Å². The molecule has 2 N–H and O–H groups in total. The molecule has 0 aliphatic heterocycles. The Bertz CT molecular complexity index is 388. The van der Waals surface area contributed by atoms with Crippen LogP contribution in [0.25, 0.3) is 0 Å². The van der Waals surface area contributed by atoms with E-state index >= 15 is 0 Å². The van der Waals surface area contributed by atoms with Crippen molar-refractivity contribution in [3.63, 3.8) is 0 Å². The molecule has 0 radical (unpaired) electrons. The number of rotatable bonds is 5. The summed E-state index contributed by atoms with van der Waals surface area (Å²) >= 11 is 0. The highest BCUT2D eigenvalue weighted by atomic mass is 32.2. The number of hydrogen-bond donors (Lipinski definition) is 1. The monoisotopic (exact) mass is 229 g/mol. The van der Waals surface area contributed by atoms with Crippen molar-refractivity contribution in [2.75, 3.05) is 12.4 Å². The lowest BCUT2D eigenvalue weighted by atomic mass is 10.2. The van der Waals surface area contributed by atoms with E-state index in [0.29, 0.717) is 6.61 Å². The number of para-hydroxylation sites is 1. The SMILES string of the molecule is CC(COc1ccccc1)CS(N)(=O)=O. The lowest BCUT2D eigenvalue weighted by Gasteiger charge is -2.11. The zero-order valence-electron chi connectivity index (χ0n) is 8.59. The Morgan fingerprint density at radius 3 is 2.47 bits per heavy atom. The molecule has 84 valence electrons. The third-order valence-electron chi connectivity index (χ3n) is 1.79. The molecule has 1 aromatic rings. The van der Waals surface area contributed by atoms with Crippen molar-refractivity contribution in [1.82, 2.24) is 0 Å².